The van der Waals surface area contributed by atoms with Crippen LogP contribution in [0.1, 0.15) is 52.0 Å². The molecule has 1 atom stereocenters. The lowest BCUT2D eigenvalue weighted by Gasteiger charge is -2.31. The molecule has 106 valence electrons. The number of benzene rings is 1. The SMILES string of the molecule is CCCCC(CC)(C(=O)OCC)c1ccc(Cl)cc1. The summed E-state index contributed by atoms with van der Waals surface area (Å²) in [4.78, 5) is 12.4. The first-order chi connectivity index (χ1) is 9.10. The quantitative estimate of drug-likeness (QED) is 0.675. The largest absolute Gasteiger partial charge is 0.465 e. The monoisotopic (exact) mass is 282 g/mol. The fourth-order valence-electron chi connectivity index (χ4n) is 2.41. The zero-order valence-corrected chi connectivity index (χ0v) is 12.8. The van der Waals surface area contributed by atoms with Crippen LogP contribution in [0.25, 0.3) is 0 Å². The zero-order chi connectivity index (χ0) is 14.3. The summed E-state index contributed by atoms with van der Waals surface area (Å²) in [5, 5.41) is 0.688. The molecule has 0 heterocycles. The molecule has 1 unspecified atom stereocenters. The van der Waals surface area contributed by atoms with E-state index in [4.69, 9.17) is 16.3 Å². The van der Waals surface area contributed by atoms with Gasteiger partial charge < -0.3 is 4.74 Å². The van der Waals surface area contributed by atoms with E-state index in [1.165, 1.54) is 0 Å². The first kappa shape index (κ1) is 16.0. The number of ether oxygens (including phenoxy) is 1. The van der Waals surface area contributed by atoms with Gasteiger partial charge in [0.05, 0.1) is 12.0 Å². The lowest BCUT2D eigenvalue weighted by molar-refractivity contribution is -0.150. The van der Waals surface area contributed by atoms with Crippen molar-refractivity contribution in [3.05, 3.63) is 34.9 Å². The van der Waals surface area contributed by atoms with Crippen LogP contribution in [0, 0.1) is 0 Å². The number of rotatable bonds is 7. The van der Waals surface area contributed by atoms with Crippen molar-refractivity contribution in [3.63, 3.8) is 0 Å². The van der Waals surface area contributed by atoms with Crippen LogP contribution in [0.3, 0.4) is 0 Å². The van der Waals surface area contributed by atoms with Crippen LogP contribution in [0.15, 0.2) is 24.3 Å². The molecule has 0 N–H and O–H groups in total. The maximum Gasteiger partial charge on any atom is 0.316 e. The summed E-state index contributed by atoms with van der Waals surface area (Å²) >= 11 is 5.93. The van der Waals surface area contributed by atoms with Crippen LogP contribution in [-0.4, -0.2) is 12.6 Å². The summed E-state index contributed by atoms with van der Waals surface area (Å²) < 4.78 is 5.31. The van der Waals surface area contributed by atoms with Crippen LogP contribution < -0.4 is 0 Å². The number of unbranched alkanes of at least 4 members (excludes halogenated alkanes) is 1. The number of hydrogen-bond donors (Lipinski definition) is 0. The molecular formula is C16H23ClO2. The third kappa shape index (κ3) is 3.73. The van der Waals surface area contributed by atoms with Crippen molar-refractivity contribution in [2.75, 3.05) is 6.61 Å². The van der Waals surface area contributed by atoms with E-state index >= 15 is 0 Å². The molecule has 0 saturated carbocycles. The third-order valence-corrected chi connectivity index (χ3v) is 3.88. The van der Waals surface area contributed by atoms with Gasteiger partial charge in [-0.2, -0.15) is 0 Å². The van der Waals surface area contributed by atoms with Crippen molar-refractivity contribution in [2.24, 2.45) is 0 Å². The van der Waals surface area contributed by atoms with Crippen LogP contribution in [0.2, 0.25) is 5.02 Å². The smallest absolute Gasteiger partial charge is 0.316 e. The van der Waals surface area contributed by atoms with Crippen LogP contribution in [0.5, 0.6) is 0 Å². The first-order valence-corrected chi connectivity index (χ1v) is 7.41. The Bertz CT molecular complexity index is 400. The van der Waals surface area contributed by atoms with E-state index in [1.54, 1.807) is 0 Å². The maximum absolute atomic E-state index is 12.4. The summed E-state index contributed by atoms with van der Waals surface area (Å²) in [6, 6.07) is 7.57. The molecule has 2 nitrogen and oxygen atoms in total. The predicted octanol–water partition coefficient (Wildman–Crippen LogP) is 4.74. The van der Waals surface area contributed by atoms with Crippen LogP contribution >= 0.6 is 11.6 Å². The average molecular weight is 283 g/mol. The van der Waals surface area contributed by atoms with Crippen molar-refractivity contribution in [3.8, 4) is 0 Å². The lowest BCUT2D eigenvalue weighted by Crippen LogP contribution is -2.37. The van der Waals surface area contributed by atoms with E-state index in [2.05, 4.69) is 6.92 Å². The summed E-state index contributed by atoms with van der Waals surface area (Å²) in [7, 11) is 0. The van der Waals surface area contributed by atoms with Gasteiger partial charge in [0.25, 0.3) is 0 Å². The summed E-state index contributed by atoms with van der Waals surface area (Å²) in [5.74, 6) is -0.117. The van der Waals surface area contributed by atoms with Gasteiger partial charge >= 0.3 is 5.97 Å². The van der Waals surface area contributed by atoms with Crippen molar-refractivity contribution < 1.29 is 9.53 Å². The first-order valence-electron chi connectivity index (χ1n) is 7.04. The van der Waals surface area contributed by atoms with Crippen molar-refractivity contribution in [1.29, 1.82) is 0 Å². The highest BCUT2D eigenvalue weighted by atomic mass is 35.5. The molecule has 0 saturated heterocycles. The van der Waals surface area contributed by atoms with Gasteiger partial charge in [-0.15, -0.1) is 0 Å². The second kappa shape index (κ2) is 7.54. The number of carbonyl (C=O) groups excluding carboxylic acids is 1. The van der Waals surface area contributed by atoms with Gasteiger partial charge in [0, 0.05) is 5.02 Å². The van der Waals surface area contributed by atoms with E-state index in [1.807, 2.05) is 38.1 Å². The Morgan fingerprint density at radius 2 is 1.84 bits per heavy atom. The van der Waals surface area contributed by atoms with Crippen molar-refractivity contribution >= 4 is 17.6 Å². The number of hydrogen-bond acceptors (Lipinski definition) is 2. The summed E-state index contributed by atoms with van der Waals surface area (Å²) in [6.07, 6.45) is 3.64. The highest BCUT2D eigenvalue weighted by molar-refractivity contribution is 6.30. The number of carbonyl (C=O) groups is 1. The van der Waals surface area contributed by atoms with Gasteiger partial charge in [0.1, 0.15) is 0 Å². The average Bonchev–Trinajstić information content (AvgIpc) is 2.42. The van der Waals surface area contributed by atoms with Gasteiger partial charge in [0.2, 0.25) is 0 Å². The highest BCUT2D eigenvalue weighted by Crippen LogP contribution is 2.35. The minimum absolute atomic E-state index is 0.117. The van der Waals surface area contributed by atoms with Gasteiger partial charge in [0.15, 0.2) is 0 Å². The molecule has 0 bridgehead atoms. The van der Waals surface area contributed by atoms with Gasteiger partial charge in [-0.25, -0.2) is 0 Å². The molecule has 0 fully saturated rings. The standard InChI is InChI=1S/C16H23ClO2/c1-4-7-12-16(5-2,15(18)19-6-3)13-8-10-14(17)11-9-13/h8-11H,4-7,12H2,1-3H3. The molecule has 0 radical (unpaired) electrons. The highest BCUT2D eigenvalue weighted by Gasteiger charge is 2.39. The molecule has 0 aromatic heterocycles. The van der Waals surface area contributed by atoms with E-state index in [-0.39, 0.29) is 5.97 Å². The number of esters is 1. The molecule has 0 aliphatic carbocycles. The Morgan fingerprint density at radius 3 is 2.32 bits per heavy atom. The zero-order valence-electron chi connectivity index (χ0n) is 12.0. The van der Waals surface area contributed by atoms with Crippen LogP contribution in [-0.2, 0) is 14.9 Å². The molecule has 19 heavy (non-hydrogen) atoms. The Labute approximate surface area is 121 Å². The summed E-state index contributed by atoms with van der Waals surface area (Å²) in [5.41, 5.74) is 0.475. The number of halogens is 1. The van der Waals surface area contributed by atoms with E-state index in [0.29, 0.717) is 11.6 Å². The molecule has 0 aliphatic rings. The van der Waals surface area contributed by atoms with E-state index in [9.17, 15) is 4.79 Å². The molecule has 1 rings (SSSR count). The maximum atomic E-state index is 12.4. The minimum Gasteiger partial charge on any atom is -0.465 e. The normalized spacial score (nSPS) is 13.9. The van der Waals surface area contributed by atoms with Gasteiger partial charge in [-0.3, -0.25) is 4.79 Å². The molecular weight excluding hydrogens is 260 g/mol. The van der Waals surface area contributed by atoms with Crippen LogP contribution in [0.4, 0.5) is 0 Å². The topological polar surface area (TPSA) is 26.3 Å². The molecule has 1 aromatic carbocycles. The van der Waals surface area contributed by atoms with Crippen molar-refractivity contribution in [1.82, 2.24) is 0 Å². The molecule has 0 spiro atoms. The van der Waals surface area contributed by atoms with Gasteiger partial charge in [-0.05, 0) is 37.5 Å². The molecule has 3 heteroatoms. The Morgan fingerprint density at radius 1 is 1.21 bits per heavy atom. The Hall–Kier alpha value is -1.02. The summed E-state index contributed by atoms with van der Waals surface area (Å²) in [6.45, 7) is 6.44. The fourth-order valence-corrected chi connectivity index (χ4v) is 2.53. The molecule has 0 aliphatic heterocycles. The second-order valence-corrected chi connectivity index (χ2v) is 5.20. The van der Waals surface area contributed by atoms with Gasteiger partial charge in [-0.1, -0.05) is 50.4 Å². The Balaban J connectivity index is 3.14. The Kier molecular flexibility index (Phi) is 6.36. The second-order valence-electron chi connectivity index (χ2n) is 4.77. The third-order valence-electron chi connectivity index (χ3n) is 3.62. The predicted molar refractivity (Wildman–Crippen MR) is 79.6 cm³/mol. The molecule has 0 amide bonds. The lowest BCUT2D eigenvalue weighted by atomic mass is 9.74. The van der Waals surface area contributed by atoms with E-state index in [0.717, 1.165) is 31.2 Å². The molecule has 1 aromatic rings. The minimum atomic E-state index is -0.531. The fraction of sp³-hybridized carbons (Fsp3) is 0.562. The van der Waals surface area contributed by atoms with Crippen molar-refractivity contribution in [2.45, 2.75) is 51.9 Å². The van der Waals surface area contributed by atoms with E-state index < -0.39 is 5.41 Å².